The number of rotatable bonds is 3. The standard InChI is InChI=1S/C23H20N4O2.CH2O2/c1-16-7-9-17(10-8-16)23(11-14-29-19-5-4-12-24-21(19)23)26-22(28)18-15-27-13-3-2-6-20(27)25-18;2-1-3/h2-10,12-13,15H,11,14H2,1H3,(H,26,28);1H,(H,2,3)/t23-;/m0./s1. The lowest BCUT2D eigenvalue weighted by Gasteiger charge is -2.38. The molecule has 1 amide bonds. The number of nitrogens with zero attached hydrogens (tertiary/aromatic N) is 3. The number of imidazole rings is 1. The number of nitrogens with one attached hydrogen (secondary N) is 1. The van der Waals surface area contributed by atoms with Crippen molar-refractivity contribution in [1.82, 2.24) is 19.7 Å². The molecule has 4 heterocycles. The molecule has 0 spiro atoms. The Labute approximate surface area is 184 Å². The molecule has 2 N–H and O–H groups in total. The highest BCUT2D eigenvalue weighted by Crippen LogP contribution is 2.40. The molecule has 0 aliphatic carbocycles. The van der Waals surface area contributed by atoms with Crippen molar-refractivity contribution in [2.24, 2.45) is 0 Å². The Balaban J connectivity index is 0.000000775. The quantitative estimate of drug-likeness (QED) is 0.484. The minimum Gasteiger partial charge on any atom is -0.491 e. The molecule has 3 aromatic heterocycles. The Morgan fingerprint density at radius 1 is 1.19 bits per heavy atom. The van der Waals surface area contributed by atoms with Crippen LogP contribution in [0.5, 0.6) is 5.75 Å². The van der Waals surface area contributed by atoms with Crippen LogP contribution in [-0.2, 0) is 10.3 Å². The smallest absolute Gasteiger partial charge is 0.290 e. The molecule has 1 aliphatic heterocycles. The minimum atomic E-state index is -0.782. The number of pyridine rings is 2. The summed E-state index contributed by atoms with van der Waals surface area (Å²) in [4.78, 5) is 30.7. The number of carboxylic acid groups (broad SMARTS) is 1. The summed E-state index contributed by atoms with van der Waals surface area (Å²) in [5.41, 5.74) is 3.16. The van der Waals surface area contributed by atoms with Crippen LogP contribution in [-0.4, -0.2) is 38.5 Å². The van der Waals surface area contributed by atoms with Crippen LogP contribution in [0.2, 0.25) is 0 Å². The largest absolute Gasteiger partial charge is 0.491 e. The second kappa shape index (κ2) is 8.89. The topological polar surface area (TPSA) is 106 Å². The third-order valence-electron chi connectivity index (χ3n) is 5.38. The number of ether oxygens (including phenoxy) is 1. The highest BCUT2D eigenvalue weighted by molar-refractivity contribution is 5.94. The number of carbonyl (C=O) groups excluding carboxylic acids is 1. The maximum atomic E-state index is 13.3. The van der Waals surface area contributed by atoms with Gasteiger partial charge < -0.3 is 19.6 Å². The fourth-order valence-electron chi connectivity index (χ4n) is 3.87. The molecule has 1 atom stereocenters. The highest BCUT2D eigenvalue weighted by atomic mass is 16.5. The van der Waals surface area contributed by atoms with Gasteiger partial charge >= 0.3 is 0 Å². The summed E-state index contributed by atoms with van der Waals surface area (Å²) in [6.45, 7) is 2.28. The molecule has 8 nitrogen and oxygen atoms in total. The van der Waals surface area contributed by atoms with Gasteiger partial charge in [-0.25, -0.2) is 4.98 Å². The van der Waals surface area contributed by atoms with Crippen LogP contribution in [0.3, 0.4) is 0 Å². The summed E-state index contributed by atoms with van der Waals surface area (Å²) in [5.74, 6) is 0.447. The summed E-state index contributed by atoms with van der Waals surface area (Å²) in [6, 6.07) is 17.6. The molecule has 32 heavy (non-hydrogen) atoms. The third-order valence-corrected chi connectivity index (χ3v) is 5.38. The predicted octanol–water partition coefficient (Wildman–Crippen LogP) is 3.19. The number of carbonyl (C=O) groups is 2. The zero-order valence-corrected chi connectivity index (χ0v) is 17.4. The molecule has 162 valence electrons. The second-order valence-corrected chi connectivity index (χ2v) is 7.37. The van der Waals surface area contributed by atoms with E-state index in [0.29, 0.717) is 30.2 Å². The van der Waals surface area contributed by atoms with Crippen molar-refractivity contribution in [3.63, 3.8) is 0 Å². The van der Waals surface area contributed by atoms with Crippen LogP contribution >= 0.6 is 0 Å². The summed E-state index contributed by atoms with van der Waals surface area (Å²) < 4.78 is 7.66. The lowest BCUT2D eigenvalue weighted by atomic mass is 9.81. The fourth-order valence-corrected chi connectivity index (χ4v) is 3.87. The van der Waals surface area contributed by atoms with E-state index >= 15 is 0 Å². The zero-order valence-electron chi connectivity index (χ0n) is 17.4. The van der Waals surface area contributed by atoms with Gasteiger partial charge in [-0.05, 0) is 36.8 Å². The van der Waals surface area contributed by atoms with Crippen molar-refractivity contribution in [3.05, 3.63) is 95.7 Å². The molecule has 8 heteroatoms. The molecule has 0 fully saturated rings. The lowest BCUT2D eigenvalue weighted by molar-refractivity contribution is -0.122. The number of amides is 1. The van der Waals surface area contributed by atoms with Crippen molar-refractivity contribution in [2.45, 2.75) is 18.9 Å². The monoisotopic (exact) mass is 430 g/mol. The van der Waals surface area contributed by atoms with Crippen molar-refractivity contribution in [1.29, 1.82) is 0 Å². The van der Waals surface area contributed by atoms with Crippen LogP contribution < -0.4 is 10.1 Å². The van der Waals surface area contributed by atoms with E-state index in [1.54, 1.807) is 12.4 Å². The lowest BCUT2D eigenvalue weighted by Crippen LogP contribution is -2.50. The molecule has 5 rings (SSSR count). The Hall–Kier alpha value is -4.20. The Kier molecular flexibility index (Phi) is 5.85. The highest BCUT2D eigenvalue weighted by Gasteiger charge is 2.42. The molecule has 4 aromatic rings. The maximum Gasteiger partial charge on any atom is 0.290 e. The van der Waals surface area contributed by atoms with Gasteiger partial charge in [-0.15, -0.1) is 0 Å². The first-order chi connectivity index (χ1) is 15.6. The average molecular weight is 430 g/mol. The maximum absolute atomic E-state index is 13.3. The molecule has 1 aromatic carbocycles. The average Bonchev–Trinajstić information content (AvgIpc) is 3.25. The van der Waals surface area contributed by atoms with Gasteiger partial charge in [0, 0.05) is 25.0 Å². The molecule has 0 bridgehead atoms. The van der Waals surface area contributed by atoms with E-state index in [1.165, 1.54) is 0 Å². The van der Waals surface area contributed by atoms with Gasteiger partial charge in [-0.1, -0.05) is 35.9 Å². The number of hydrogen-bond acceptors (Lipinski definition) is 5. The number of aryl methyl sites for hydroxylation is 1. The Bertz CT molecular complexity index is 1220. The van der Waals surface area contributed by atoms with E-state index in [2.05, 4.69) is 15.3 Å². The van der Waals surface area contributed by atoms with Gasteiger partial charge in [0.2, 0.25) is 0 Å². The minimum absolute atomic E-state index is 0.243. The molecule has 0 unspecified atom stereocenters. The van der Waals surface area contributed by atoms with Gasteiger partial charge in [-0.2, -0.15) is 0 Å². The van der Waals surface area contributed by atoms with E-state index in [4.69, 9.17) is 14.6 Å². The number of benzene rings is 1. The van der Waals surface area contributed by atoms with Crippen LogP contribution in [0.4, 0.5) is 0 Å². The first-order valence-corrected chi connectivity index (χ1v) is 10.1. The molecule has 0 radical (unpaired) electrons. The van der Waals surface area contributed by atoms with Crippen LogP contribution in [0.1, 0.15) is 33.7 Å². The van der Waals surface area contributed by atoms with Gasteiger partial charge in [0.05, 0.1) is 6.61 Å². The van der Waals surface area contributed by atoms with Crippen molar-refractivity contribution in [2.75, 3.05) is 6.61 Å². The summed E-state index contributed by atoms with van der Waals surface area (Å²) in [6.07, 6.45) is 5.93. The number of aromatic nitrogens is 3. The van der Waals surface area contributed by atoms with Gasteiger partial charge in [0.15, 0.2) is 0 Å². The summed E-state index contributed by atoms with van der Waals surface area (Å²) in [7, 11) is 0. The number of hydrogen-bond donors (Lipinski definition) is 2. The van der Waals surface area contributed by atoms with Crippen LogP contribution in [0, 0.1) is 6.92 Å². The second-order valence-electron chi connectivity index (χ2n) is 7.37. The van der Waals surface area contributed by atoms with E-state index in [9.17, 15) is 4.79 Å². The number of fused-ring (bicyclic) bond motifs is 2. The SMILES string of the molecule is Cc1ccc([C@@]2(NC(=O)c3cn4ccccc4n3)CCOc3cccnc32)cc1.O=CO. The van der Waals surface area contributed by atoms with Gasteiger partial charge in [0.25, 0.3) is 12.4 Å². The van der Waals surface area contributed by atoms with Gasteiger partial charge in [-0.3, -0.25) is 14.6 Å². The molecule has 0 saturated heterocycles. The summed E-state index contributed by atoms with van der Waals surface area (Å²) >= 11 is 0. The van der Waals surface area contributed by atoms with Crippen LogP contribution in [0.15, 0.2) is 73.2 Å². The Morgan fingerprint density at radius 2 is 1.97 bits per heavy atom. The Morgan fingerprint density at radius 3 is 2.72 bits per heavy atom. The molecule has 0 saturated carbocycles. The van der Waals surface area contributed by atoms with E-state index < -0.39 is 5.54 Å². The summed E-state index contributed by atoms with van der Waals surface area (Å²) in [5, 5.41) is 10.1. The van der Waals surface area contributed by atoms with Crippen molar-refractivity contribution >= 4 is 18.0 Å². The fraction of sp³-hybridized carbons (Fsp3) is 0.167. The first kappa shape index (κ1) is 21.0. The molecular formula is C24H22N4O4. The molecule has 1 aliphatic rings. The normalized spacial score (nSPS) is 16.8. The van der Waals surface area contributed by atoms with E-state index in [-0.39, 0.29) is 12.4 Å². The third kappa shape index (κ3) is 3.90. The predicted molar refractivity (Wildman–Crippen MR) is 118 cm³/mol. The van der Waals surface area contributed by atoms with Gasteiger partial charge in [0.1, 0.15) is 28.3 Å². The van der Waals surface area contributed by atoms with Crippen molar-refractivity contribution < 1.29 is 19.4 Å². The van der Waals surface area contributed by atoms with E-state index in [1.807, 2.05) is 72.1 Å². The first-order valence-electron chi connectivity index (χ1n) is 10.1. The molecular weight excluding hydrogens is 408 g/mol. The van der Waals surface area contributed by atoms with Crippen molar-refractivity contribution in [3.8, 4) is 5.75 Å². The van der Waals surface area contributed by atoms with Crippen LogP contribution in [0.25, 0.3) is 5.65 Å². The zero-order chi connectivity index (χ0) is 22.6. The van der Waals surface area contributed by atoms with E-state index in [0.717, 1.165) is 16.8 Å².